The van der Waals surface area contributed by atoms with Crippen LogP contribution in [0.1, 0.15) is 32.6 Å². The number of nitriles is 1. The Morgan fingerprint density at radius 1 is 0.974 bits per heavy atom. The van der Waals surface area contributed by atoms with Gasteiger partial charge in [-0.2, -0.15) is 5.26 Å². The summed E-state index contributed by atoms with van der Waals surface area (Å²) in [6, 6.07) is 25.8. The highest BCUT2D eigenvalue weighted by Gasteiger charge is 2.19. The largest absolute Gasteiger partial charge is 0.508 e. The van der Waals surface area contributed by atoms with Gasteiger partial charge < -0.3 is 19.5 Å². The van der Waals surface area contributed by atoms with Gasteiger partial charge in [0.25, 0.3) is 5.69 Å². The highest BCUT2D eigenvalue weighted by molar-refractivity contribution is 5.90. The second-order valence-electron chi connectivity index (χ2n) is 8.80. The lowest BCUT2D eigenvalue weighted by atomic mass is 10.1. The van der Waals surface area contributed by atoms with E-state index in [9.17, 15) is 20.0 Å². The number of hydrogen-bond donors (Lipinski definition) is 1. The molecule has 4 rings (SSSR count). The Morgan fingerprint density at radius 3 is 2.21 bits per heavy atom. The van der Waals surface area contributed by atoms with E-state index in [1.165, 1.54) is 31.4 Å². The van der Waals surface area contributed by atoms with Crippen molar-refractivity contribution in [2.75, 3.05) is 12.0 Å². The van der Waals surface area contributed by atoms with Crippen LogP contribution in [0.15, 0.2) is 84.9 Å². The summed E-state index contributed by atoms with van der Waals surface area (Å²) in [4.78, 5) is 25.1. The third-order valence-electron chi connectivity index (χ3n) is 6.12. The minimum absolute atomic E-state index is 0.0403. The Hall–Kier alpha value is -5.36. The number of benzene rings is 4. The topological polar surface area (TPSA) is 126 Å². The normalized spacial score (nSPS) is 10.4. The van der Waals surface area contributed by atoms with Gasteiger partial charge in [0.2, 0.25) is 0 Å². The van der Waals surface area contributed by atoms with Crippen molar-refractivity contribution in [1.82, 2.24) is 0 Å². The minimum atomic E-state index is -0.593. The fraction of sp³-hybridized carbons (Fsp3) is 0.133. The molecule has 0 bridgehead atoms. The lowest BCUT2D eigenvalue weighted by molar-refractivity contribution is -0.385. The number of aromatic hydroxyl groups is 1. The summed E-state index contributed by atoms with van der Waals surface area (Å²) in [5.74, 6) is 0.0448. The highest BCUT2D eigenvalue weighted by Crippen LogP contribution is 2.32. The van der Waals surface area contributed by atoms with Gasteiger partial charge in [-0.1, -0.05) is 30.3 Å². The zero-order valence-corrected chi connectivity index (χ0v) is 21.3. The van der Waals surface area contributed by atoms with E-state index in [2.05, 4.69) is 6.07 Å². The summed E-state index contributed by atoms with van der Waals surface area (Å²) in [7, 11) is 1.26. The Bertz CT molecular complexity index is 1540. The molecule has 0 saturated heterocycles. The lowest BCUT2D eigenvalue weighted by Crippen LogP contribution is -2.23. The van der Waals surface area contributed by atoms with E-state index in [0.29, 0.717) is 30.0 Å². The molecule has 196 valence electrons. The molecule has 0 aliphatic rings. The van der Waals surface area contributed by atoms with Gasteiger partial charge in [-0.3, -0.25) is 10.1 Å². The van der Waals surface area contributed by atoms with Crippen molar-refractivity contribution in [1.29, 1.82) is 5.26 Å². The van der Waals surface area contributed by atoms with Crippen molar-refractivity contribution in [2.24, 2.45) is 0 Å². The van der Waals surface area contributed by atoms with Gasteiger partial charge in [0.05, 0.1) is 34.8 Å². The predicted molar refractivity (Wildman–Crippen MR) is 145 cm³/mol. The van der Waals surface area contributed by atoms with Crippen molar-refractivity contribution in [2.45, 2.75) is 20.0 Å². The Morgan fingerprint density at radius 2 is 1.62 bits per heavy atom. The molecule has 0 amide bonds. The standard InChI is InChI=1S/C30H25N3O6/c1-20-28(4-3-5-29(20)33(36)37)32(18-22-8-6-21(17-31)7-9-22)19-23-10-12-26(13-11-23)39-27-15-24(30(35)38-2)14-25(34)16-27/h3-16,34H,18-19H2,1-2H3. The maximum Gasteiger partial charge on any atom is 0.338 e. The molecule has 39 heavy (non-hydrogen) atoms. The number of nitro groups is 1. The van der Waals surface area contributed by atoms with Crippen LogP contribution in [0.2, 0.25) is 0 Å². The van der Waals surface area contributed by atoms with E-state index in [1.807, 2.05) is 35.2 Å². The van der Waals surface area contributed by atoms with Gasteiger partial charge >= 0.3 is 5.97 Å². The molecule has 0 spiro atoms. The van der Waals surface area contributed by atoms with Crippen LogP contribution in [-0.4, -0.2) is 23.1 Å². The summed E-state index contributed by atoms with van der Waals surface area (Å²) in [5, 5.41) is 30.6. The fourth-order valence-corrected chi connectivity index (χ4v) is 4.18. The van der Waals surface area contributed by atoms with E-state index >= 15 is 0 Å². The summed E-state index contributed by atoms with van der Waals surface area (Å²) < 4.78 is 10.5. The molecular formula is C30H25N3O6. The summed E-state index contributed by atoms with van der Waals surface area (Å²) in [6.07, 6.45) is 0. The Balaban J connectivity index is 1.59. The van der Waals surface area contributed by atoms with Crippen LogP contribution in [0.5, 0.6) is 17.2 Å². The number of methoxy groups -OCH3 is 1. The van der Waals surface area contributed by atoms with Crippen LogP contribution in [0.25, 0.3) is 0 Å². The number of nitro benzene ring substituents is 1. The van der Waals surface area contributed by atoms with Gasteiger partial charge in [0.15, 0.2) is 0 Å². The first-order valence-electron chi connectivity index (χ1n) is 11.9. The molecule has 4 aromatic rings. The maximum absolute atomic E-state index is 11.8. The smallest absolute Gasteiger partial charge is 0.338 e. The van der Waals surface area contributed by atoms with Crippen LogP contribution in [0.4, 0.5) is 11.4 Å². The fourth-order valence-electron chi connectivity index (χ4n) is 4.18. The van der Waals surface area contributed by atoms with E-state index in [0.717, 1.165) is 16.8 Å². The number of rotatable bonds is 9. The highest BCUT2D eigenvalue weighted by atomic mass is 16.6. The predicted octanol–water partition coefficient (Wildman–Crippen LogP) is 6.27. The van der Waals surface area contributed by atoms with Crippen LogP contribution in [-0.2, 0) is 17.8 Å². The number of phenolic OH excluding ortho intramolecular Hbond substituents is 1. The first-order valence-corrected chi connectivity index (χ1v) is 11.9. The molecule has 0 atom stereocenters. The number of esters is 1. The SMILES string of the molecule is COC(=O)c1cc(O)cc(Oc2ccc(CN(Cc3ccc(C#N)cc3)c3cccc([N+](=O)[O-])c3C)cc2)c1. The Labute approximate surface area is 225 Å². The van der Waals surface area contributed by atoms with Gasteiger partial charge in [-0.05, 0) is 60.5 Å². The number of carbonyl (C=O) groups excluding carboxylic acids is 1. The average molecular weight is 524 g/mol. The van der Waals surface area contributed by atoms with Crippen molar-refractivity contribution >= 4 is 17.3 Å². The number of ether oxygens (including phenoxy) is 2. The molecule has 0 aliphatic heterocycles. The molecule has 0 aliphatic carbocycles. The third kappa shape index (κ3) is 6.50. The van der Waals surface area contributed by atoms with Gasteiger partial charge in [0.1, 0.15) is 17.2 Å². The van der Waals surface area contributed by atoms with Crippen molar-refractivity contribution in [3.05, 3.63) is 123 Å². The number of carbonyl (C=O) groups is 1. The monoisotopic (exact) mass is 523 g/mol. The molecule has 1 N–H and O–H groups in total. The van der Waals surface area contributed by atoms with Crippen LogP contribution < -0.4 is 9.64 Å². The average Bonchev–Trinajstić information content (AvgIpc) is 2.93. The molecule has 4 aromatic carbocycles. The second-order valence-corrected chi connectivity index (χ2v) is 8.80. The first kappa shape index (κ1) is 26.7. The van der Waals surface area contributed by atoms with Gasteiger partial charge in [-0.25, -0.2) is 4.79 Å². The maximum atomic E-state index is 11.8. The van der Waals surface area contributed by atoms with Crippen LogP contribution >= 0.6 is 0 Å². The Kier molecular flexibility index (Phi) is 8.07. The molecule has 9 heteroatoms. The zero-order valence-electron chi connectivity index (χ0n) is 21.3. The van der Waals surface area contributed by atoms with Crippen LogP contribution in [0, 0.1) is 28.4 Å². The van der Waals surface area contributed by atoms with E-state index in [4.69, 9.17) is 14.7 Å². The summed E-state index contributed by atoms with van der Waals surface area (Å²) in [5.41, 5.74) is 3.91. The van der Waals surface area contributed by atoms with E-state index in [-0.39, 0.29) is 22.7 Å². The van der Waals surface area contributed by atoms with E-state index < -0.39 is 10.9 Å². The van der Waals surface area contributed by atoms with Crippen molar-refractivity contribution in [3.63, 3.8) is 0 Å². The van der Waals surface area contributed by atoms with Crippen LogP contribution in [0.3, 0.4) is 0 Å². The summed E-state index contributed by atoms with van der Waals surface area (Å²) in [6.45, 7) is 2.64. The number of anilines is 1. The number of nitrogens with zero attached hydrogens (tertiary/aromatic N) is 3. The molecule has 0 saturated carbocycles. The molecule has 0 unspecified atom stereocenters. The number of hydrogen-bond acceptors (Lipinski definition) is 8. The molecule has 0 fully saturated rings. The quantitative estimate of drug-likeness (QED) is 0.155. The zero-order chi connectivity index (χ0) is 27.9. The molecule has 9 nitrogen and oxygen atoms in total. The minimum Gasteiger partial charge on any atom is -0.508 e. The summed E-state index contributed by atoms with van der Waals surface area (Å²) >= 11 is 0. The van der Waals surface area contributed by atoms with Gasteiger partial charge in [-0.15, -0.1) is 0 Å². The molecule has 0 heterocycles. The molecule has 0 radical (unpaired) electrons. The first-order chi connectivity index (χ1) is 18.8. The van der Waals surface area contributed by atoms with E-state index in [1.54, 1.807) is 37.3 Å². The van der Waals surface area contributed by atoms with Crippen molar-refractivity contribution < 1.29 is 24.3 Å². The molecular weight excluding hydrogens is 498 g/mol. The van der Waals surface area contributed by atoms with Gasteiger partial charge in [0, 0.05) is 30.9 Å². The molecule has 0 aromatic heterocycles. The lowest BCUT2D eigenvalue weighted by Gasteiger charge is -2.27. The number of phenols is 1. The third-order valence-corrected chi connectivity index (χ3v) is 6.12. The second kappa shape index (κ2) is 11.8. The van der Waals surface area contributed by atoms with Crippen molar-refractivity contribution in [3.8, 4) is 23.3 Å².